The van der Waals surface area contributed by atoms with E-state index in [1.54, 1.807) is 16.7 Å². The van der Waals surface area contributed by atoms with Gasteiger partial charge in [-0.25, -0.2) is 4.98 Å². The van der Waals surface area contributed by atoms with Gasteiger partial charge >= 0.3 is 0 Å². The second-order valence-electron chi connectivity index (χ2n) is 8.33. The van der Waals surface area contributed by atoms with Crippen LogP contribution in [-0.2, 0) is 0 Å². The van der Waals surface area contributed by atoms with Gasteiger partial charge in [0.2, 0.25) is 0 Å². The number of anilines is 2. The van der Waals surface area contributed by atoms with Crippen molar-refractivity contribution in [3.05, 3.63) is 130 Å². The van der Waals surface area contributed by atoms with Crippen LogP contribution < -0.4 is 10.5 Å². The molecule has 0 fully saturated rings. The summed E-state index contributed by atoms with van der Waals surface area (Å²) in [5.74, 6) is 0.876. The van der Waals surface area contributed by atoms with Crippen molar-refractivity contribution < 1.29 is 5.11 Å². The molecule has 0 aliphatic rings. The molecule has 1 N–H and O–H groups in total. The van der Waals surface area contributed by atoms with Crippen molar-refractivity contribution in [3.63, 3.8) is 0 Å². The van der Waals surface area contributed by atoms with Crippen molar-refractivity contribution in [2.45, 2.75) is 13.0 Å². The second-order valence-corrected chi connectivity index (χ2v) is 8.33. The molecule has 1 aromatic heterocycles. The molecule has 1 heterocycles. The number of hydrogen-bond donors (Lipinski definition) is 1. The molecule has 168 valence electrons. The van der Waals surface area contributed by atoms with E-state index in [0.29, 0.717) is 16.7 Å². The van der Waals surface area contributed by atoms with Crippen LogP contribution in [0.15, 0.2) is 108 Å². The summed E-state index contributed by atoms with van der Waals surface area (Å²) in [6.07, 6.45) is 0. The van der Waals surface area contributed by atoms with Gasteiger partial charge in [0.25, 0.3) is 5.56 Å². The van der Waals surface area contributed by atoms with Crippen LogP contribution in [-0.4, -0.2) is 21.7 Å². The predicted octanol–water partition coefficient (Wildman–Crippen LogP) is 5.82. The Kier molecular flexibility index (Phi) is 5.60. The smallest absolute Gasteiger partial charge is 0.262 e. The highest BCUT2D eigenvalue weighted by Crippen LogP contribution is 2.29. The van der Waals surface area contributed by atoms with Crippen LogP contribution in [0.3, 0.4) is 0 Å². The molecule has 34 heavy (non-hydrogen) atoms. The van der Waals surface area contributed by atoms with Gasteiger partial charge in [0.1, 0.15) is 11.6 Å². The van der Waals surface area contributed by atoms with E-state index in [1.807, 2.05) is 110 Å². The van der Waals surface area contributed by atoms with Gasteiger partial charge in [-0.05, 0) is 60.5 Å². The molecule has 5 nitrogen and oxygen atoms in total. The third-order valence-electron chi connectivity index (χ3n) is 6.17. The molecule has 0 aliphatic carbocycles. The standard InChI is InChI=1S/C29H25N3O2/c1-20-30-27-18-15-24(31(2)23-13-16-25(33)17-14-23)19-26(27)29(34)32(20)28(21-9-5-3-6-10-21)22-11-7-4-8-12-22/h3-19,28,33H,1-2H3. The third kappa shape index (κ3) is 3.92. The van der Waals surface area contributed by atoms with E-state index in [4.69, 9.17) is 4.98 Å². The molecule has 0 bridgehead atoms. The fraction of sp³-hybridized carbons (Fsp3) is 0.103. The maximum absolute atomic E-state index is 14.0. The molecule has 0 radical (unpaired) electrons. The number of benzene rings is 4. The van der Waals surface area contributed by atoms with Gasteiger partial charge in [-0.1, -0.05) is 60.7 Å². The van der Waals surface area contributed by atoms with Crippen LogP contribution in [0, 0.1) is 6.92 Å². The zero-order chi connectivity index (χ0) is 23.7. The fourth-order valence-corrected chi connectivity index (χ4v) is 4.40. The van der Waals surface area contributed by atoms with E-state index < -0.39 is 0 Å². The minimum Gasteiger partial charge on any atom is -0.508 e. The molecule has 0 amide bonds. The minimum absolute atomic E-state index is 0.0823. The summed E-state index contributed by atoms with van der Waals surface area (Å²) >= 11 is 0. The van der Waals surface area contributed by atoms with Crippen LogP contribution in [0.2, 0.25) is 0 Å². The van der Waals surface area contributed by atoms with Gasteiger partial charge in [-0.3, -0.25) is 9.36 Å². The lowest BCUT2D eigenvalue weighted by atomic mass is 9.98. The van der Waals surface area contributed by atoms with Gasteiger partial charge < -0.3 is 10.0 Å². The number of aryl methyl sites for hydroxylation is 1. The number of phenols is 1. The zero-order valence-corrected chi connectivity index (χ0v) is 19.1. The predicted molar refractivity (Wildman–Crippen MR) is 137 cm³/mol. The molecule has 0 aliphatic heterocycles. The van der Waals surface area contributed by atoms with Crippen LogP contribution >= 0.6 is 0 Å². The first kappa shape index (κ1) is 21.5. The lowest BCUT2D eigenvalue weighted by Gasteiger charge is -2.24. The highest BCUT2D eigenvalue weighted by molar-refractivity contribution is 5.83. The number of rotatable bonds is 5. The quantitative estimate of drug-likeness (QED) is 0.369. The molecular formula is C29H25N3O2. The summed E-state index contributed by atoms with van der Waals surface area (Å²) in [7, 11) is 1.93. The molecule has 0 spiro atoms. The van der Waals surface area contributed by atoms with Gasteiger partial charge in [0, 0.05) is 18.4 Å². The Labute approximate surface area is 198 Å². The van der Waals surface area contributed by atoms with Crippen molar-refractivity contribution in [1.82, 2.24) is 9.55 Å². The second kappa shape index (κ2) is 8.87. The molecule has 4 aromatic carbocycles. The highest BCUT2D eigenvalue weighted by atomic mass is 16.3. The Morgan fingerprint density at radius 3 is 1.94 bits per heavy atom. The number of nitrogens with zero attached hydrogens (tertiary/aromatic N) is 3. The normalized spacial score (nSPS) is 11.1. The Bertz CT molecular complexity index is 1460. The summed E-state index contributed by atoms with van der Waals surface area (Å²) in [4.78, 5) is 20.7. The maximum Gasteiger partial charge on any atom is 0.262 e. The summed E-state index contributed by atoms with van der Waals surface area (Å²) in [6, 6.07) is 32.5. The number of aromatic nitrogens is 2. The summed E-state index contributed by atoms with van der Waals surface area (Å²) in [5, 5.41) is 10.2. The first-order valence-corrected chi connectivity index (χ1v) is 11.2. The summed E-state index contributed by atoms with van der Waals surface area (Å²) in [5.41, 5.74) is 4.41. The minimum atomic E-state index is -0.287. The van der Waals surface area contributed by atoms with Crippen molar-refractivity contribution in [1.29, 1.82) is 0 Å². The van der Waals surface area contributed by atoms with Gasteiger partial charge in [0.15, 0.2) is 0 Å². The molecule has 0 unspecified atom stereocenters. The van der Waals surface area contributed by atoms with E-state index in [0.717, 1.165) is 22.5 Å². The largest absolute Gasteiger partial charge is 0.508 e. The first-order valence-electron chi connectivity index (χ1n) is 11.2. The zero-order valence-electron chi connectivity index (χ0n) is 19.1. The van der Waals surface area contributed by atoms with E-state index in [9.17, 15) is 9.90 Å². The highest BCUT2D eigenvalue weighted by Gasteiger charge is 2.21. The summed E-state index contributed by atoms with van der Waals surface area (Å²) < 4.78 is 1.79. The van der Waals surface area contributed by atoms with Gasteiger partial charge in [-0.15, -0.1) is 0 Å². The average Bonchev–Trinajstić information content (AvgIpc) is 2.87. The Hall–Kier alpha value is -4.38. The number of hydrogen-bond acceptors (Lipinski definition) is 4. The topological polar surface area (TPSA) is 58.4 Å². The van der Waals surface area contributed by atoms with Crippen molar-refractivity contribution in [2.24, 2.45) is 0 Å². The fourth-order valence-electron chi connectivity index (χ4n) is 4.40. The third-order valence-corrected chi connectivity index (χ3v) is 6.17. The van der Waals surface area contributed by atoms with E-state index >= 15 is 0 Å². The summed E-state index contributed by atoms with van der Waals surface area (Å²) in [6.45, 7) is 1.89. The van der Waals surface area contributed by atoms with Crippen LogP contribution in [0.5, 0.6) is 5.75 Å². The van der Waals surface area contributed by atoms with Gasteiger partial charge in [0.05, 0.1) is 16.9 Å². The maximum atomic E-state index is 14.0. The van der Waals surface area contributed by atoms with Crippen molar-refractivity contribution in [2.75, 3.05) is 11.9 Å². The van der Waals surface area contributed by atoms with Crippen LogP contribution in [0.25, 0.3) is 10.9 Å². The van der Waals surface area contributed by atoms with Gasteiger partial charge in [-0.2, -0.15) is 0 Å². The molecule has 0 atom stereocenters. The number of fused-ring (bicyclic) bond motifs is 1. The van der Waals surface area contributed by atoms with Crippen LogP contribution in [0.4, 0.5) is 11.4 Å². The Morgan fingerprint density at radius 1 is 0.794 bits per heavy atom. The molecule has 5 rings (SSSR count). The van der Waals surface area contributed by atoms with Crippen molar-refractivity contribution in [3.8, 4) is 5.75 Å². The Morgan fingerprint density at radius 2 is 1.35 bits per heavy atom. The molecule has 0 saturated heterocycles. The first-order chi connectivity index (χ1) is 16.5. The molecule has 0 saturated carbocycles. The lowest BCUT2D eigenvalue weighted by molar-refractivity contribution is 0.475. The van der Waals surface area contributed by atoms with E-state index in [-0.39, 0.29) is 17.4 Å². The Balaban J connectivity index is 1.69. The van der Waals surface area contributed by atoms with E-state index in [2.05, 4.69) is 0 Å². The molecule has 5 heteroatoms. The average molecular weight is 448 g/mol. The monoisotopic (exact) mass is 447 g/mol. The number of phenolic OH excluding ortho intramolecular Hbond substituents is 1. The SMILES string of the molecule is Cc1nc2ccc(N(C)c3ccc(O)cc3)cc2c(=O)n1C(c1ccccc1)c1ccccc1. The molecule has 5 aromatic rings. The van der Waals surface area contributed by atoms with Crippen molar-refractivity contribution >= 4 is 22.3 Å². The number of aromatic hydroxyl groups is 1. The lowest BCUT2D eigenvalue weighted by Crippen LogP contribution is -2.29. The molecular weight excluding hydrogens is 422 g/mol. The van der Waals surface area contributed by atoms with E-state index in [1.165, 1.54) is 0 Å². The van der Waals surface area contributed by atoms with Crippen LogP contribution in [0.1, 0.15) is 23.0 Å².